The highest BCUT2D eigenvalue weighted by Crippen LogP contribution is 2.41. The first-order valence-electron chi connectivity index (χ1n) is 7.25. The maximum atomic E-state index is 12.2. The van der Waals surface area contributed by atoms with E-state index in [2.05, 4.69) is 5.32 Å². The molecule has 114 valence electrons. The third-order valence-electron chi connectivity index (χ3n) is 3.85. The van der Waals surface area contributed by atoms with Crippen molar-refractivity contribution in [1.82, 2.24) is 0 Å². The highest BCUT2D eigenvalue weighted by molar-refractivity contribution is 6.07. The second-order valence-electron chi connectivity index (χ2n) is 7.51. The van der Waals surface area contributed by atoms with E-state index in [0.29, 0.717) is 6.42 Å². The average molecular weight is 288 g/mol. The zero-order valence-electron chi connectivity index (χ0n) is 13.7. The minimum Gasteiger partial charge on any atom is -0.326 e. The van der Waals surface area contributed by atoms with Crippen LogP contribution < -0.4 is 10.2 Å². The van der Waals surface area contributed by atoms with Gasteiger partial charge in [0.25, 0.3) is 0 Å². The summed E-state index contributed by atoms with van der Waals surface area (Å²) >= 11 is 0. The molecule has 1 aromatic rings. The molecule has 0 unspecified atom stereocenters. The maximum absolute atomic E-state index is 12.2. The Bertz CT molecular complexity index is 597. The molecule has 1 N–H and O–H groups in total. The summed E-state index contributed by atoms with van der Waals surface area (Å²) in [5.41, 5.74) is 2.03. The van der Waals surface area contributed by atoms with Gasteiger partial charge in [0.1, 0.15) is 0 Å². The van der Waals surface area contributed by atoms with Crippen LogP contribution in [0.3, 0.4) is 0 Å². The molecule has 4 nitrogen and oxygen atoms in total. The first-order valence-corrected chi connectivity index (χ1v) is 7.25. The Morgan fingerprint density at radius 3 is 2.48 bits per heavy atom. The van der Waals surface area contributed by atoms with Crippen molar-refractivity contribution in [3.63, 3.8) is 0 Å². The molecular formula is C17H24N2O2. The SMILES string of the molecule is CN1C(=O)C(C)(C)c2cc(NC(=O)CC(C)(C)C)ccc21. The predicted molar refractivity (Wildman–Crippen MR) is 85.6 cm³/mol. The van der Waals surface area contributed by atoms with Gasteiger partial charge in [-0.05, 0) is 43.0 Å². The van der Waals surface area contributed by atoms with Gasteiger partial charge in [-0.15, -0.1) is 0 Å². The summed E-state index contributed by atoms with van der Waals surface area (Å²) in [6.07, 6.45) is 0.465. The van der Waals surface area contributed by atoms with Crippen LogP contribution in [0.1, 0.15) is 46.6 Å². The lowest BCUT2D eigenvalue weighted by atomic mass is 9.86. The fourth-order valence-electron chi connectivity index (χ4n) is 2.74. The molecule has 2 rings (SSSR count). The van der Waals surface area contributed by atoms with Crippen LogP contribution in [0.2, 0.25) is 0 Å². The number of nitrogens with zero attached hydrogens (tertiary/aromatic N) is 1. The highest BCUT2D eigenvalue weighted by atomic mass is 16.2. The molecule has 1 aromatic carbocycles. The number of amides is 2. The largest absolute Gasteiger partial charge is 0.326 e. The Balaban J connectivity index is 2.25. The summed E-state index contributed by atoms with van der Waals surface area (Å²) in [7, 11) is 1.79. The second-order valence-corrected chi connectivity index (χ2v) is 7.51. The first-order chi connectivity index (χ1) is 9.52. The molecule has 0 fully saturated rings. The number of carbonyl (C=O) groups is 2. The molecular weight excluding hydrogens is 264 g/mol. The summed E-state index contributed by atoms with van der Waals surface area (Å²) in [4.78, 5) is 26.0. The van der Waals surface area contributed by atoms with Gasteiger partial charge in [0.15, 0.2) is 0 Å². The number of hydrogen-bond acceptors (Lipinski definition) is 2. The van der Waals surface area contributed by atoms with E-state index in [0.717, 1.165) is 16.9 Å². The van der Waals surface area contributed by atoms with Crippen LogP contribution in [0.4, 0.5) is 11.4 Å². The zero-order chi connectivity index (χ0) is 16.0. The first kappa shape index (κ1) is 15.5. The van der Waals surface area contributed by atoms with Crippen LogP contribution in [-0.2, 0) is 15.0 Å². The van der Waals surface area contributed by atoms with Crippen molar-refractivity contribution in [3.05, 3.63) is 23.8 Å². The molecule has 21 heavy (non-hydrogen) atoms. The van der Waals surface area contributed by atoms with Crippen LogP contribution >= 0.6 is 0 Å². The van der Waals surface area contributed by atoms with E-state index in [1.54, 1.807) is 11.9 Å². The summed E-state index contributed by atoms with van der Waals surface area (Å²) in [5.74, 6) is 0.0774. The Labute approximate surface area is 126 Å². The number of fused-ring (bicyclic) bond motifs is 1. The predicted octanol–water partition coefficient (Wildman–Crippen LogP) is 3.32. The Morgan fingerprint density at radius 1 is 1.29 bits per heavy atom. The molecule has 4 heteroatoms. The Hall–Kier alpha value is -1.84. The van der Waals surface area contributed by atoms with Crippen molar-refractivity contribution in [2.24, 2.45) is 5.41 Å². The number of carbonyl (C=O) groups excluding carboxylic acids is 2. The molecule has 0 atom stereocenters. The Kier molecular flexibility index (Phi) is 3.60. The summed E-state index contributed by atoms with van der Waals surface area (Å²) in [6, 6.07) is 5.66. The summed E-state index contributed by atoms with van der Waals surface area (Å²) in [6.45, 7) is 9.93. The molecule has 0 saturated heterocycles. The number of hydrogen-bond donors (Lipinski definition) is 1. The summed E-state index contributed by atoms with van der Waals surface area (Å²) in [5, 5.41) is 2.93. The normalized spacial score (nSPS) is 16.9. The van der Waals surface area contributed by atoms with Gasteiger partial charge in [-0.2, -0.15) is 0 Å². The fourth-order valence-corrected chi connectivity index (χ4v) is 2.74. The number of benzene rings is 1. The van der Waals surface area contributed by atoms with Crippen LogP contribution in [0.15, 0.2) is 18.2 Å². The number of rotatable bonds is 2. The van der Waals surface area contributed by atoms with E-state index < -0.39 is 5.41 Å². The van der Waals surface area contributed by atoms with Gasteiger partial charge in [-0.3, -0.25) is 9.59 Å². The summed E-state index contributed by atoms with van der Waals surface area (Å²) < 4.78 is 0. The molecule has 1 aliphatic rings. The van der Waals surface area contributed by atoms with E-state index in [9.17, 15) is 9.59 Å². The van der Waals surface area contributed by atoms with Crippen molar-refractivity contribution in [1.29, 1.82) is 0 Å². The van der Waals surface area contributed by atoms with Crippen LogP contribution in [0.25, 0.3) is 0 Å². The smallest absolute Gasteiger partial charge is 0.236 e. The third kappa shape index (κ3) is 2.94. The lowest BCUT2D eigenvalue weighted by Crippen LogP contribution is -2.33. The molecule has 2 amide bonds. The van der Waals surface area contributed by atoms with E-state index in [1.165, 1.54) is 0 Å². The molecule has 1 heterocycles. The molecule has 0 aromatic heterocycles. The van der Waals surface area contributed by atoms with E-state index >= 15 is 0 Å². The monoisotopic (exact) mass is 288 g/mol. The topological polar surface area (TPSA) is 49.4 Å². The minimum absolute atomic E-state index is 0.00191. The number of likely N-dealkylation sites (N-methyl/N-ethyl adjacent to an activating group) is 1. The van der Waals surface area contributed by atoms with Gasteiger partial charge < -0.3 is 10.2 Å². The molecule has 0 radical (unpaired) electrons. The van der Waals surface area contributed by atoms with Crippen LogP contribution in [0, 0.1) is 5.41 Å². The van der Waals surface area contributed by atoms with Crippen molar-refractivity contribution >= 4 is 23.2 Å². The molecule has 0 saturated carbocycles. The lowest BCUT2D eigenvalue weighted by molar-refractivity contribution is -0.121. The van der Waals surface area contributed by atoms with Crippen molar-refractivity contribution in [3.8, 4) is 0 Å². The van der Waals surface area contributed by atoms with Gasteiger partial charge in [-0.25, -0.2) is 0 Å². The highest BCUT2D eigenvalue weighted by Gasteiger charge is 2.42. The van der Waals surface area contributed by atoms with Gasteiger partial charge in [0.05, 0.1) is 5.41 Å². The molecule has 0 bridgehead atoms. The second kappa shape index (κ2) is 4.86. The van der Waals surface area contributed by atoms with Gasteiger partial charge in [0, 0.05) is 24.8 Å². The molecule has 0 aliphatic carbocycles. The molecule has 1 aliphatic heterocycles. The average Bonchev–Trinajstić information content (AvgIpc) is 2.49. The van der Waals surface area contributed by atoms with E-state index in [4.69, 9.17) is 0 Å². The number of nitrogens with one attached hydrogen (secondary N) is 1. The third-order valence-corrected chi connectivity index (χ3v) is 3.85. The fraction of sp³-hybridized carbons (Fsp3) is 0.529. The van der Waals surface area contributed by atoms with Gasteiger partial charge >= 0.3 is 0 Å². The van der Waals surface area contributed by atoms with E-state index in [-0.39, 0.29) is 17.2 Å². The minimum atomic E-state index is -0.547. The van der Waals surface area contributed by atoms with Crippen molar-refractivity contribution < 1.29 is 9.59 Å². The standard InChI is InChI=1S/C17H24N2O2/c1-16(2,3)10-14(20)18-11-7-8-13-12(9-11)17(4,5)15(21)19(13)6/h7-9H,10H2,1-6H3,(H,18,20). The van der Waals surface area contributed by atoms with Crippen molar-refractivity contribution in [2.75, 3.05) is 17.3 Å². The number of anilines is 2. The Morgan fingerprint density at radius 2 is 1.90 bits per heavy atom. The van der Waals surface area contributed by atoms with Crippen molar-refractivity contribution in [2.45, 2.75) is 46.5 Å². The van der Waals surface area contributed by atoms with E-state index in [1.807, 2.05) is 52.8 Å². The zero-order valence-corrected chi connectivity index (χ0v) is 13.7. The quantitative estimate of drug-likeness (QED) is 0.907. The van der Waals surface area contributed by atoms with Crippen LogP contribution in [0.5, 0.6) is 0 Å². The van der Waals surface area contributed by atoms with Gasteiger partial charge in [0.2, 0.25) is 11.8 Å². The maximum Gasteiger partial charge on any atom is 0.236 e. The molecule has 0 spiro atoms. The van der Waals surface area contributed by atoms with Crippen LogP contribution in [-0.4, -0.2) is 18.9 Å². The van der Waals surface area contributed by atoms with Gasteiger partial charge in [-0.1, -0.05) is 20.8 Å². The lowest BCUT2D eigenvalue weighted by Gasteiger charge is -2.18.